The summed E-state index contributed by atoms with van der Waals surface area (Å²) >= 11 is 0. The Kier molecular flexibility index (Phi) is 3.46. The molecule has 0 aliphatic heterocycles. The quantitative estimate of drug-likeness (QED) is 0.853. The summed E-state index contributed by atoms with van der Waals surface area (Å²) in [5.41, 5.74) is 3.47. The van der Waals surface area contributed by atoms with Gasteiger partial charge in [0.2, 0.25) is 0 Å². The van der Waals surface area contributed by atoms with Gasteiger partial charge < -0.3 is 5.32 Å². The van der Waals surface area contributed by atoms with Crippen molar-refractivity contribution in [3.8, 4) is 11.3 Å². The summed E-state index contributed by atoms with van der Waals surface area (Å²) < 4.78 is 1.73. The molecule has 0 aromatic carbocycles. The minimum absolute atomic E-state index is 0.715. The molecule has 2 rings (SSSR count). The molecule has 0 radical (unpaired) electrons. The SMILES string of the molecule is C=CC(=C)n1nc(-c2cnc(C)nc2)c(C)c1NC. The van der Waals surface area contributed by atoms with E-state index in [0.717, 1.165) is 28.5 Å². The van der Waals surface area contributed by atoms with Gasteiger partial charge in [-0.05, 0) is 19.9 Å². The van der Waals surface area contributed by atoms with Gasteiger partial charge in [-0.25, -0.2) is 14.6 Å². The van der Waals surface area contributed by atoms with Crippen molar-refractivity contribution in [3.05, 3.63) is 43.0 Å². The highest BCUT2D eigenvalue weighted by atomic mass is 15.3. The first kappa shape index (κ1) is 13.0. The highest BCUT2D eigenvalue weighted by molar-refractivity contribution is 5.72. The highest BCUT2D eigenvalue weighted by Gasteiger charge is 2.16. The van der Waals surface area contributed by atoms with Crippen LogP contribution in [0.3, 0.4) is 0 Å². The van der Waals surface area contributed by atoms with Gasteiger partial charge in [0.05, 0.1) is 5.70 Å². The van der Waals surface area contributed by atoms with Gasteiger partial charge in [0.1, 0.15) is 17.3 Å². The number of hydrogen-bond donors (Lipinski definition) is 1. The van der Waals surface area contributed by atoms with Crippen molar-refractivity contribution in [2.24, 2.45) is 0 Å². The molecule has 0 fully saturated rings. The Balaban J connectivity index is 2.59. The third kappa shape index (κ3) is 2.27. The van der Waals surface area contributed by atoms with Crippen LogP contribution in [0.1, 0.15) is 11.4 Å². The largest absolute Gasteiger partial charge is 0.373 e. The fourth-order valence-corrected chi connectivity index (χ4v) is 1.87. The fraction of sp³-hybridized carbons (Fsp3) is 0.214. The molecule has 0 aliphatic carbocycles. The molecule has 5 heteroatoms. The molecular formula is C14H17N5. The lowest BCUT2D eigenvalue weighted by molar-refractivity contribution is 0.918. The summed E-state index contributed by atoms with van der Waals surface area (Å²) in [5, 5.41) is 7.69. The van der Waals surface area contributed by atoms with Crippen LogP contribution in [-0.2, 0) is 0 Å². The monoisotopic (exact) mass is 255 g/mol. The van der Waals surface area contributed by atoms with Crippen LogP contribution in [0.4, 0.5) is 5.82 Å². The zero-order valence-corrected chi connectivity index (χ0v) is 11.4. The number of aryl methyl sites for hydroxylation is 1. The standard InChI is InChI=1S/C14H17N5/c1-6-9(2)19-14(15-5)10(3)13(18-19)12-7-16-11(4)17-8-12/h6-8,15H,1-2H2,3-5H3. The Hall–Kier alpha value is -2.43. The maximum Gasteiger partial charge on any atom is 0.133 e. The molecular weight excluding hydrogens is 238 g/mol. The predicted molar refractivity (Wildman–Crippen MR) is 77.8 cm³/mol. The van der Waals surface area contributed by atoms with E-state index < -0.39 is 0 Å². The summed E-state index contributed by atoms with van der Waals surface area (Å²) in [4.78, 5) is 8.41. The van der Waals surface area contributed by atoms with Crippen LogP contribution < -0.4 is 5.32 Å². The molecule has 2 aromatic rings. The number of allylic oxidation sites excluding steroid dienone is 2. The second-order valence-electron chi connectivity index (χ2n) is 4.20. The fourth-order valence-electron chi connectivity index (χ4n) is 1.87. The third-order valence-electron chi connectivity index (χ3n) is 2.92. The lowest BCUT2D eigenvalue weighted by Crippen LogP contribution is -2.02. The number of nitrogens with zero attached hydrogens (tertiary/aromatic N) is 4. The van der Waals surface area contributed by atoms with Crippen molar-refractivity contribution in [3.63, 3.8) is 0 Å². The van der Waals surface area contributed by atoms with Gasteiger partial charge in [-0.1, -0.05) is 13.2 Å². The molecule has 0 saturated heterocycles. The molecule has 0 aliphatic rings. The Bertz CT molecular complexity index is 622. The van der Waals surface area contributed by atoms with Gasteiger partial charge in [0.15, 0.2) is 0 Å². The lowest BCUT2D eigenvalue weighted by Gasteiger charge is -2.06. The predicted octanol–water partition coefficient (Wildman–Crippen LogP) is 2.66. The Morgan fingerprint density at radius 3 is 2.47 bits per heavy atom. The Morgan fingerprint density at radius 1 is 1.32 bits per heavy atom. The first-order valence-electron chi connectivity index (χ1n) is 5.96. The molecule has 2 heterocycles. The van der Waals surface area contributed by atoms with E-state index >= 15 is 0 Å². The van der Waals surface area contributed by atoms with Gasteiger partial charge in [-0.3, -0.25) is 0 Å². The average Bonchev–Trinajstić information content (AvgIpc) is 2.76. The number of rotatable bonds is 4. The molecule has 5 nitrogen and oxygen atoms in total. The van der Waals surface area contributed by atoms with Crippen LogP contribution in [0, 0.1) is 13.8 Å². The van der Waals surface area contributed by atoms with Crippen LogP contribution in [-0.4, -0.2) is 26.8 Å². The van der Waals surface area contributed by atoms with E-state index in [1.54, 1.807) is 23.2 Å². The van der Waals surface area contributed by atoms with Crippen LogP contribution >= 0.6 is 0 Å². The second-order valence-corrected chi connectivity index (χ2v) is 4.20. The maximum atomic E-state index is 4.55. The summed E-state index contributed by atoms with van der Waals surface area (Å²) in [7, 11) is 1.85. The first-order valence-corrected chi connectivity index (χ1v) is 5.96. The number of aromatic nitrogens is 4. The van der Waals surface area contributed by atoms with Crippen molar-refractivity contribution in [1.29, 1.82) is 0 Å². The normalized spacial score (nSPS) is 10.3. The maximum absolute atomic E-state index is 4.55. The van der Waals surface area contributed by atoms with E-state index in [9.17, 15) is 0 Å². The molecule has 0 saturated carbocycles. The zero-order valence-electron chi connectivity index (χ0n) is 11.4. The molecule has 2 aromatic heterocycles. The van der Waals surface area contributed by atoms with E-state index in [1.807, 2.05) is 20.9 Å². The molecule has 0 spiro atoms. The van der Waals surface area contributed by atoms with Crippen molar-refractivity contribution in [2.75, 3.05) is 12.4 Å². The zero-order chi connectivity index (χ0) is 14.0. The van der Waals surface area contributed by atoms with E-state index in [-0.39, 0.29) is 0 Å². The van der Waals surface area contributed by atoms with E-state index in [2.05, 4.69) is 33.5 Å². The van der Waals surface area contributed by atoms with Gasteiger partial charge in [-0.15, -0.1) is 0 Å². The summed E-state index contributed by atoms with van der Waals surface area (Å²) in [6.07, 6.45) is 5.22. The molecule has 98 valence electrons. The van der Waals surface area contributed by atoms with Gasteiger partial charge in [0, 0.05) is 30.6 Å². The van der Waals surface area contributed by atoms with Crippen molar-refractivity contribution in [2.45, 2.75) is 13.8 Å². The van der Waals surface area contributed by atoms with Gasteiger partial charge >= 0.3 is 0 Å². The molecule has 0 atom stereocenters. The average molecular weight is 255 g/mol. The van der Waals surface area contributed by atoms with Crippen LogP contribution in [0.15, 0.2) is 31.6 Å². The Morgan fingerprint density at radius 2 is 1.95 bits per heavy atom. The molecule has 0 amide bonds. The van der Waals surface area contributed by atoms with Crippen molar-refractivity contribution in [1.82, 2.24) is 19.7 Å². The third-order valence-corrected chi connectivity index (χ3v) is 2.92. The summed E-state index contributed by atoms with van der Waals surface area (Å²) in [5.74, 6) is 1.63. The summed E-state index contributed by atoms with van der Waals surface area (Å²) in [6.45, 7) is 11.5. The number of nitrogens with one attached hydrogen (secondary N) is 1. The second kappa shape index (κ2) is 5.06. The van der Waals surface area contributed by atoms with Crippen molar-refractivity contribution < 1.29 is 0 Å². The van der Waals surface area contributed by atoms with Crippen LogP contribution in [0.2, 0.25) is 0 Å². The Labute approximate surface area is 112 Å². The summed E-state index contributed by atoms with van der Waals surface area (Å²) in [6, 6.07) is 0. The minimum atomic E-state index is 0.715. The smallest absolute Gasteiger partial charge is 0.133 e. The van der Waals surface area contributed by atoms with E-state index in [1.165, 1.54) is 0 Å². The highest BCUT2D eigenvalue weighted by Crippen LogP contribution is 2.28. The van der Waals surface area contributed by atoms with Crippen LogP contribution in [0.25, 0.3) is 17.0 Å². The molecule has 1 N–H and O–H groups in total. The number of anilines is 1. The van der Waals surface area contributed by atoms with E-state index in [0.29, 0.717) is 5.70 Å². The van der Waals surface area contributed by atoms with Gasteiger partial charge in [0.25, 0.3) is 0 Å². The minimum Gasteiger partial charge on any atom is -0.373 e. The molecule has 0 unspecified atom stereocenters. The first-order chi connectivity index (χ1) is 9.08. The van der Waals surface area contributed by atoms with Gasteiger partial charge in [-0.2, -0.15) is 5.10 Å². The number of hydrogen-bond acceptors (Lipinski definition) is 4. The molecule has 0 bridgehead atoms. The molecule has 19 heavy (non-hydrogen) atoms. The topological polar surface area (TPSA) is 55.6 Å². The van der Waals surface area contributed by atoms with Crippen LogP contribution in [0.5, 0.6) is 0 Å². The lowest BCUT2D eigenvalue weighted by atomic mass is 10.1. The van der Waals surface area contributed by atoms with E-state index in [4.69, 9.17) is 0 Å². The van der Waals surface area contributed by atoms with Crippen molar-refractivity contribution >= 4 is 11.5 Å².